The van der Waals surface area contributed by atoms with Crippen molar-refractivity contribution in [2.24, 2.45) is 5.41 Å². The van der Waals surface area contributed by atoms with Gasteiger partial charge in [-0.2, -0.15) is 0 Å². The molecule has 0 aromatic heterocycles. The van der Waals surface area contributed by atoms with E-state index >= 15 is 0 Å². The van der Waals surface area contributed by atoms with Gasteiger partial charge >= 0.3 is 6.09 Å². The number of benzene rings is 1. The second kappa shape index (κ2) is 3.98. The highest BCUT2D eigenvalue weighted by Crippen LogP contribution is 2.46. The first-order valence-corrected chi connectivity index (χ1v) is 6.08. The van der Waals surface area contributed by atoms with Crippen molar-refractivity contribution >= 4 is 22.0 Å². The zero-order valence-electron chi connectivity index (χ0n) is 9.55. The molecule has 1 atom stereocenters. The fourth-order valence-corrected chi connectivity index (χ4v) is 2.83. The molecule has 1 aliphatic carbocycles. The number of fused-ring (bicyclic) bond motifs is 1. The summed E-state index contributed by atoms with van der Waals surface area (Å²) in [7, 11) is 0. The molecule has 0 bridgehead atoms. The number of rotatable bonds is 1. The number of carbonyl (C=O) groups is 1. The number of nitrogens with one attached hydrogen (secondary N) is 1. The summed E-state index contributed by atoms with van der Waals surface area (Å²) in [6.07, 6.45) is -0.356. The molecule has 3 nitrogen and oxygen atoms in total. The van der Waals surface area contributed by atoms with Gasteiger partial charge in [-0.3, -0.25) is 0 Å². The van der Waals surface area contributed by atoms with Gasteiger partial charge in [0.25, 0.3) is 0 Å². The SMILES string of the molecule is CC1(C)Cc2cc(Br)c(F)cc2C1NC(=O)O. The molecular formula is C12H13BrFNO2. The van der Waals surface area contributed by atoms with Gasteiger partial charge in [0, 0.05) is 0 Å². The first-order valence-electron chi connectivity index (χ1n) is 5.28. The summed E-state index contributed by atoms with van der Waals surface area (Å²) >= 11 is 3.15. The summed E-state index contributed by atoms with van der Waals surface area (Å²) in [4.78, 5) is 10.8. The van der Waals surface area contributed by atoms with E-state index in [2.05, 4.69) is 21.2 Å². The zero-order chi connectivity index (χ0) is 12.8. The molecule has 0 saturated heterocycles. The fraction of sp³-hybridized carbons (Fsp3) is 0.417. The number of carboxylic acid groups (broad SMARTS) is 1. The van der Waals surface area contributed by atoms with E-state index in [4.69, 9.17) is 5.11 Å². The van der Waals surface area contributed by atoms with Gasteiger partial charge in [0.2, 0.25) is 0 Å². The topological polar surface area (TPSA) is 49.3 Å². The van der Waals surface area contributed by atoms with Crippen LogP contribution in [0.4, 0.5) is 9.18 Å². The van der Waals surface area contributed by atoms with Crippen molar-refractivity contribution < 1.29 is 14.3 Å². The maximum Gasteiger partial charge on any atom is 0.405 e. The van der Waals surface area contributed by atoms with Crippen LogP contribution in [0.25, 0.3) is 0 Å². The smallest absolute Gasteiger partial charge is 0.405 e. The average Bonchev–Trinajstić information content (AvgIpc) is 2.40. The summed E-state index contributed by atoms with van der Waals surface area (Å²) in [5.41, 5.74) is 1.48. The lowest BCUT2D eigenvalue weighted by Crippen LogP contribution is -2.34. The maximum absolute atomic E-state index is 13.5. The minimum Gasteiger partial charge on any atom is -0.465 e. The Bertz CT molecular complexity index is 488. The summed E-state index contributed by atoms with van der Waals surface area (Å²) in [5, 5.41) is 11.3. The first kappa shape index (κ1) is 12.4. The lowest BCUT2D eigenvalue weighted by atomic mass is 9.85. The van der Waals surface area contributed by atoms with Crippen LogP contribution in [-0.2, 0) is 6.42 Å². The number of hydrogen-bond acceptors (Lipinski definition) is 1. The summed E-state index contributed by atoms with van der Waals surface area (Å²) in [5.74, 6) is -0.362. The molecular weight excluding hydrogens is 289 g/mol. The predicted octanol–water partition coefficient (Wildman–Crippen LogP) is 3.48. The monoisotopic (exact) mass is 301 g/mol. The van der Waals surface area contributed by atoms with Crippen molar-refractivity contribution in [3.8, 4) is 0 Å². The number of hydrogen-bond donors (Lipinski definition) is 2. The van der Waals surface area contributed by atoms with E-state index in [-0.39, 0.29) is 17.3 Å². The third kappa shape index (κ3) is 2.16. The number of halogens is 2. The highest BCUT2D eigenvalue weighted by Gasteiger charge is 2.40. The zero-order valence-corrected chi connectivity index (χ0v) is 11.1. The van der Waals surface area contributed by atoms with Crippen molar-refractivity contribution in [2.45, 2.75) is 26.3 Å². The van der Waals surface area contributed by atoms with Gasteiger partial charge in [-0.15, -0.1) is 0 Å². The van der Waals surface area contributed by atoms with Crippen LogP contribution in [0.1, 0.15) is 31.0 Å². The van der Waals surface area contributed by atoms with Gasteiger partial charge in [0.15, 0.2) is 0 Å². The fourth-order valence-electron chi connectivity index (χ4n) is 2.44. The molecule has 2 rings (SSSR count). The second-order valence-electron chi connectivity index (χ2n) is 5.01. The van der Waals surface area contributed by atoms with Crippen molar-refractivity contribution in [1.29, 1.82) is 0 Å². The molecule has 5 heteroatoms. The lowest BCUT2D eigenvalue weighted by Gasteiger charge is -2.27. The Kier molecular flexibility index (Phi) is 2.89. The Balaban J connectivity index is 2.48. The Hall–Kier alpha value is -1.10. The molecule has 0 fully saturated rings. The molecule has 0 heterocycles. The molecule has 0 radical (unpaired) electrons. The molecule has 0 saturated carbocycles. The van der Waals surface area contributed by atoms with E-state index < -0.39 is 6.09 Å². The molecule has 1 aromatic carbocycles. The molecule has 17 heavy (non-hydrogen) atoms. The maximum atomic E-state index is 13.5. The molecule has 1 aromatic rings. The minimum atomic E-state index is -1.08. The van der Waals surface area contributed by atoms with Crippen molar-refractivity contribution in [1.82, 2.24) is 5.32 Å². The summed E-state index contributed by atoms with van der Waals surface area (Å²) < 4.78 is 13.9. The summed E-state index contributed by atoms with van der Waals surface area (Å²) in [6, 6.07) is 2.78. The highest BCUT2D eigenvalue weighted by molar-refractivity contribution is 9.10. The van der Waals surface area contributed by atoms with Crippen LogP contribution in [0.2, 0.25) is 0 Å². The molecule has 0 spiro atoms. The van der Waals surface area contributed by atoms with Crippen LogP contribution in [-0.4, -0.2) is 11.2 Å². The van der Waals surface area contributed by atoms with Crippen LogP contribution >= 0.6 is 15.9 Å². The van der Waals surface area contributed by atoms with Crippen molar-refractivity contribution in [3.05, 3.63) is 33.5 Å². The van der Waals surface area contributed by atoms with E-state index in [0.717, 1.165) is 17.5 Å². The van der Waals surface area contributed by atoms with E-state index in [1.54, 1.807) is 6.07 Å². The van der Waals surface area contributed by atoms with Gasteiger partial charge in [0.05, 0.1) is 10.5 Å². The molecule has 1 aliphatic rings. The Morgan fingerprint density at radius 2 is 2.24 bits per heavy atom. The highest BCUT2D eigenvalue weighted by atomic mass is 79.9. The molecule has 0 aliphatic heterocycles. The number of amides is 1. The first-order chi connectivity index (χ1) is 7.81. The van der Waals surface area contributed by atoms with Gasteiger partial charge in [0.1, 0.15) is 5.82 Å². The van der Waals surface area contributed by atoms with Crippen LogP contribution in [0.15, 0.2) is 16.6 Å². The largest absolute Gasteiger partial charge is 0.465 e. The van der Waals surface area contributed by atoms with Crippen molar-refractivity contribution in [2.75, 3.05) is 0 Å². The lowest BCUT2D eigenvalue weighted by molar-refractivity contribution is 0.175. The quantitative estimate of drug-likeness (QED) is 0.834. The molecule has 2 N–H and O–H groups in total. The Morgan fingerprint density at radius 3 is 2.82 bits per heavy atom. The van der Waals surface area contributed by atoms with Crippen LogP contribution in [0.5, 0.6) is 0 Å². The van der Waals surface area contributed by atoms with Crippen molar-refractivity contribution in [3.63, 3.8) is 0 Å². The third-order valence-electron chi connectivity index (χ3n) is 3.19. The third-order valence-corrected chi connectivity index (χ3v) is 3.80. The van der Waals surface area contributed by atoms with E-state index in [1.165, 1.54) is 6.07 Å². The van der Waals surface area contributed by atoms with Gasteiger partial charge in [-0.25, -0.2) is 9.18 Å². The molecule has 1 amide bonds. The van der Waals surface area contributed by atoms with Gasteiger partial charge in [-0.05, 0) is 51.0 Å². The van der Waals surface area contributed by atoms with Crippen LogP contribution in [0.3, 0.4) is 0 Å². The second-order valence-corrected chi connectivity index (χ2v) is 5.87. The van der Waals surface area contributed by atoms with Crippen LogP contribution in [0, 0.1) is 11.2 Å². The average molecular weight is 302 g/mol. The normalized spacial score (nSPS) is 21.1. The minimum absolute atomic E-state index is 0.242. The van der Waals surface area contributed by atoms with Crippen LogP contribution < -0.4 is 5.32 Å². The Labute approximate surface area is 107 Å². The molecule has 92 valence electrons. The van der Waals surface area contributed by atoms with E-state index in [1.807, 2.05) is 13.8 Å². The van der Waals surface area contributed by atoms with Gasteiger partial charge in [-0.1, -0.05) is 13.8 Å². The standard InChI is InChI=1S/C12H13BrFNO2/c1-12(2)5-6-3-8(13)9(14)4-7(6)10(12)15-11(16)17/h3-4,10,15H,5H2,1-2H3,(H,16,17). The van der Waals surface area contributed by atoms with Gasteiger partial charge < -0.3 is 10.4 Å². The molecule has 1 unspecified atom stereocenters. The van der Waals surface area contributed by atoms with E-state index in [9.17, 15) is 9.18 Å². The Morgan fingerprint density at radius 1 is 1.59 bits per heavy atom. The van der Waals surface area contributed by atoms with E-state index in [0.29, 0.717) is 4.47 Å². The summed E-state index contributed by atoms with van der Waals surface area (Å²) in [6.45, 7) is 3.94. The predicted molar refractivity (Wildman–Crippen MR) is 65.5 cm³/mol.